The fraction of sp³-hybridized carbons (Fsp3) is 0.286. The van der Waals surface area contributed by atoms with E-state index in [4.69, 9.17) is 4.84 Å². The number of amides is 2. The van der Waals surface area contributed by atoms with Crippen molar-refractivity contribution in [3.05, 3.63) is 64.7 Å². The Bertz CT molecular complexity index is 946. The average molecular weight is 348 g/mol. The van der Waals surface area contributed by atoms with Crippen LogP contribution in [0.5, 0.6) is 0 Å². The fourth-order valence-corrected chi connectivity index (χ4v) is 3.53. The van der Waals surface area contributed by atoms with Gasteiger partial charge in [0.05, 0.1) is 17.8 Å². The minimum atomic E-state index is -1.21. The van der Waals surface area contributed by atoms with E-state index in [0.717, 1.165) is 22.3 Å². The van der Waals surface area contributed by atoms with Gasteiger partial charge < -0.3 is 4.84 Å². The lowest BCUT2D eigenvalue weighted by atomic mass is 9.92. The van der Waals surface area contributed by atoms with Crippen LogP contribution in [0.25, 0.3) is 0 Å². The molecule has 2 amide bonds. The molecular formula is C21H20N2O3. The first-order valence-corrected chi connectivity index (χ1v) is 8.67. The fourth-order valence-electron chi connectivity index (χ4n) is 3.53. The number of carbonyl (C=O) groups is 2. The minimum absolute atomic E-state index is 0.0120. The van der Waals surface area contributed by atoms with E-state index in [1.807, 2.05) is 57.2 Å². The Morgan fingerprint density at radius 2 is 1.73 bits per heavy atom. The van der Waals surface area contributed by atoms with E-state index in [9.17, 15) is 9.59 Å². The number of nitrogens with zero attached hydrogens (tertiary/aromatic N) is 2. The molecule has 0 radical (unpaired) electrons. The van der Waals surface area contributed by atoms with Crippen molar-refractivity contribution in [2.45, 2.75) is 39.2 Å². The molecule has 2 aromatic carbocycles. The van der Waals surface area contributed by atoms with Crippen LogP contribution in [0.2, 0.25) is 0 Å². The van der Waals surface area contributed by atoms with E-state index in [1.165, 1.54) is 4.90 Å². The van der Waals surface area contributed by atoms with Gasteiger partial charge in [0.1, 0.15) is 0 Å². The van der Waals surface area contributed by atoms with Gasteiger partial charge in [-0.3, -0.25) is 9.59 Å². The third kappa shape index (κ3) is 2.43. The highest BCUT2D eigenvalue weighted by Crippen LogP contribution is 2.40. The summed E-state index contributed by atoms with van der Waals surface area (Å²) >= 11 is 0. The van der Waals surface area contributed by atoms with Gasteiger partial charge in [-0.25, -0.2) is 4.90 Å². The highest BCUT2D eigenvalue weighted by Gasteiger charge is 2.58. The van der Waals surface area contributed by atoms with Gasteiger partial charge in [0.15, 0.2) is 0 Å². The number of hydrogen-bond donors (Lipinski definition) is 0. The maximum Gasteiger partial charge on any atom is 0.281 e. The van der Waals surface area contributed by atoms with Crippen LogP contribution in [0.15, 0.2) is 47.6 Å². The van der Waals surface area contributed by atoms with Crippen molar-refractivity contribution in [1.29, 1.82) is 0 Å². The largest absolute Gasteiger partial charge is 0.378 e. The average Bonchev–Trinajstić information content (AvgIpc) is 3.14. The zero-order chi connectivity index (χ0) is 18.5. The van der Waals surface area contributed by atoms with Gasteiger partial charge >= 0.3 is 0 Å². The lowest BCUT2D eigenvalue weighted by Crippen LogP contribution is -2.41. The van der Waals surface area contributed by atoms with Crippen LogP contribution in [0.3, 0.4) is 0 Å². The summed E-state index contributed by atoms with van der Waals surface area (Å²) in [6.45, 7) is 5.89. The minimum Gasteiger partial charge on any atom is -0.378 e. The predicted octanol–water partition coefficient (Wildman–Crippen LogP) is 3.44. The molecule has 0 N–H and O–H groups in total. The van der Waals surface area contributed by atoms with Crippen molar-refractivity contribution >= 4 is 23.2 Å². The highest BCUT2D eigenvalue weighted by molar-refractivity contribution is 6.26. The van der Waals surface area contributed by atoms with Gasteiger partial charge in [-0.2, -0.15) is 0 Å². The Kier molecular flexibility index (Phi) is 3.68. The number of benzene rings is 2. The predicted molar refractivity (Wildman–Crippen MR) is 99.2 cm³/mol. The normalized spacial score (nSPS) is 22.1. The van der Waals surface area contributed by atoms with Crippen molar-refractivity contribution in [3.63, 3.8) is 0 Å². The Labute approximate surface area is 152 Å². The number of rotatable bonds is 2. The Morgan fingerprint density at radius 1 is 1.00 bits per heavy atom. The summed E-state index contributed by atoms with van der Waals surface area (Å²) in [5.41, 5.74) is 4.14. The molecular weight excluding hydrogens is 328 g/mol. The summed E-state index contributed by atoms with van der Waals surface area (Å²) in [5, 5.41) is 4.14. The number of imide groups is 1. The van der Waals surface area contributed by atoms with Crippen LogP contribution in [-0.2, 0) is 14.4 Å². The van der Waals surface area contributed by atoms with Gasteiger partial charge in [0.25, 0.3) is 5.91 Å². The van der Waals surface area contributed by atoms with Gasteiger partial charge in [0, 0.05) is 6.42 Å². The summed E-state index contributed by atoms with van der Waals surface area (Å²) in [6.07, 6.45) is 0.320. The molecule has 1 spiro atoms. The topological polar surface area (TPSA) is 59.0 Å². The van der Waals surface area contributed by atoms with Crippen molar-refractivity contribution in [2.75, 3.05) is 4.90 Å². The Hall–Kier alpha value is -2.95. The first-order chi connectivity index (χ1) is 12.4. The monoisotopic (exact) mass is 348 g/mol. The standard InChI is InChI=1S/C21H20N2O3/c1-13-7-9-16(10-8-13)17-11-21(26-22-17)12-19(24)23(20(21)25)18-6-4-5-14(2)15(18)3/h4-10H,11-12H2,1-3H3. The lowest BCUT2D eigenvalue weighted by molar-refractivity contribution is -0.136. The Morgan fingerprint density at radius 3 is 2.46 bits per heavy atom. The zero-order valence-corrected chi connectivity index (χ0v) is 15.1. The summed E-state index contributed by atoms with van der Waals surface area (Å²) < 4.78 is 0. The second-order valence-electron chi connectivity index (χ2n) is 7.10. The Balaban J connectivity index is 1.64. The number of aryl methyl sites for hydroxylation is 2. The van der Waals surface area contributed by atoms with Crippen LogP contribution < -0.4 is 4.90 Å². The molecule has 5 heteroatoms. The molecule has 5 nitrogen and oxygen atoms in total. The SMILES string of the molecule is Cc1ccc(C2=NOC3(CC(=O)N(c4cccc(C)c4C)C3=O)C2)cc1. The summed E-state index contributed by atoms with van der Waals surface area (Å²) in [5.74, 6) is -0.578. The maximum atomic E-state index is 13.1. The second kappa shape index (κ2) is 5.80. The summed E-state index contributed by atoms with van der Waals surface area (Å²) in [6, 6.07) is 13.5. The highest BCUT2D eigenvalue weighted by atomic mass is 16.7. The van der Waals surface area contributed by atoms with Crippen molar-refractivity contribution in [3.8, 4) is 0 Å². The van der Waals surface area contributed by atoms with Crippen LogP contribution in [0.4, 0.5) is 5.69 Å². The molecule has 2 aliphatic rings. The summed E-state index contributed by atoms with van der Waals surface area (Å²) in [4.78, 5) is 32.7. The number of oxime groups is 1. The third-order valence-corrected chi connectivity index (χ3v) is 5.26. The molecule has 4 rings (SSSR count). The molecule has 26 heavy (non-hydrogen) atoms. The number of hydrogen-bond acceptors (Lipinski definition) is 4. The van der Waals surface area contributed by atoms with Crippen LogP contribution in [0.1, 0.15) is 35.1 Å². The van der Waals surface area contributed by atoms with E-state index >= 15 is 0 Å². The molecule has 1 unspecified atom stereocenters. The smallest absolute Gasteiger partial charge is 0.281 e. The molecule has 0 aliphatic carbocycles. The zero-order valence-electron chi connectivity index (χ0n) is 15.1. The van der Waals surface area contributed by atoms with E-state index in [0.29, 0.717) is 17.8 Å². The van der Waals surface area contributed by atoms with E-state index in [1.54, 1.807) is 6.07 Å². The molecule has 0 bridgehead atoms. The molecule has 1 saturated heterocycles. The van der Waals surface area contributed by atoms with Crippen molar-refractivity contribution < 1.29 is 14.4 Å². The van der Waals surface area contributed by atoms with Gasteiger partial charge in [0.2, 0.25) is 11.5 Å². The molecule has 0 aromatic heterocycles. The molecule has 2 aliphatic heterocycles. The van der Waals surface area contributed by atoms with Gasteiger partial charge in [-0.05, 0) is 43.5 Å². The van der Waals surface area contributed by atoms with Crippen LogP contribution in [-0.4, -0.2) is 23.1 Å². The first-order valence-electron chi connectivity index (χ1n) is 8.67. The lowest BCUT2D eigenvalue weighted by Gasteiger charge is -2.21. The van der Waals surface area contributed by atoms with E-state index in [2.05, 4.69) is 5.16 Å². The number of anilines is 1. The molecule has 132 valence electrons. The molecule has 2 aromatic rings. The second-order valence-corrected chi connectivity index (χ2v) is 7.10. The van der Waals surface area contributed by atoms with E-state index in [-0.39, 0.29) is 18.2 Å². The molecule has 2 heterocycles. The molecule has 0 saturated carbocycles. The summed E-state index contributed by atoms with van der Waals surface area (Å²) in [7, 11) is 0. The van der Waals surface area contributed by atoms with Crippen LogP contribution >= 0.6 is 0 Å². The quantitative estimate of drug-likeness (QED) is 0.781. The third-order valence-electron chi connectivity index (χ3n) is 5.26. The van der Waals surface area contributed by atoms with Gasteiger partial charge in [-0.1, -0.05) is 47.1 Å². The molecule has 1 atom stereocenters. The number of carbonyl (C=O) groups excluding carboxylic acids is 2. The van der Waals surface area contributed by atoms with Crippen LogP contribution in [0, 0.1) is 20.8 Å². The first kappa shape index (κ1) is 16.5. The van der Waals surface area contributed by atoms with E-state index < -0.39 is 5.60 Å². The van der Waals surface area contributed by atoms with Crippen molar-refractivity contribution in [1.82, 2.24) is 0 Å². The van der Waals surface area contributed by atoms with Gasteiger partial charge in [-0.15, -0.1) is 0 Å². The molecule has 1 fully saturated rings. The van der Waals surface area contributed by atoms with Crippen molar-refractivity contribution in [2.24, 2.45) is 5.16 Å². The maximum absolute atomic E-state index is 13.1.